The Labute approximate surface area is 67.8 Å². The first kappa shape index (κ1) is 9.84. The van der Waals surface area contributed by atoms with Crippen LogP contribution in [0.2, 0.25) is 0 Å². The van der Waals surface area contributed by atoms with Gasteiger partial charge in [0.15, 0.2) is 0 Å². The molecule has 58 valence electrons. The third kappa shape index (κ3) is 4.69. The average Bonchev–Trinajstić information content (AvgIpc) is 1.90. The fraction of sp³-hybridized carbons (Fsp3) is 0.875. The van der Waals surface area contributed by atoms with Gasteiger partial charge in [-0.1, -0.05) is 20.8 Å². The molecule has 0 heterocycles. The van der Waals surface area contributed by atoms with Gasteiger partial charge < -0.3 is 0 Å². The third-order valence-corrected chi connectivity index (χ3v) is 2.57. The fourth-order valence-electron chi connectivity index (χ4n) is 0.555. The van der Waals surface area contributed by atoms with Crippen molar-refractivity contribution < 1.29 is 0 Å². The lowest BCUT2D eigenvalue weighted by Crippen LogP contribution is -2.01. The summed E-state index contributed by atoms with van der Waals surface area (Å²) in [7, 11) is 0. The van der Waals surface area contributed by atoms with Crippen molar-refractivity contribution in [3.05, 3.63) is 0 Å². The Morgan fingerprint density at radius 3 is 2.40 bits per heavy atom. The Balaban J connectivity index is 3.38. The van der Waals surface area contributed by atoms with Crippen LogP contribution in [0.3, 0.4) is 0 Å². The zero-order chi connectivity index (χ0) is 7.98. The standard InChI is InChI=1S/C8H15NS/c1-4-8(5-9)6-10-7(2)3/h7-8H,4,6H2,1-3H3. The van der Waals surface area contributed by atoms with E-state index in [1.165, 1.54) is 0 Å². The van der Waals surface area contributed by atoms with Crippen molar-refractivity contribution in [3.8, 4) is 6.07 Å². The molecule has 0 fully saturated rings. The second-order valence-corrected chi connectivity index (χ2v) is 4.23. The van der Waals surface area contributed by atoms with Crippen molar-refractivity contribution >= 4 is 11.8 Å². The first-order valence-electron chi connectivity index (χ1n) is 3.71. The highest BCUT2D eigenvalue weighted by Gasteiger charge is 2.04. The molecule has 0 aromatic heterocycles. The van der Waals surface area contributed by atoms with E-state index in [0.717, 1.165) is 12.2 Å². The van der Waals surface area contributed by atoms with Crippen LogP contribution < -0.4 is 0 Å². The van der Waals surface area contributed by atoms with Gasteiger partial charge in [0.2, 0.25) is 0 Å². The van der Waals surface area contributed by atoms with Crippen molar-refractivity contribution in [2.75, 3.05) is 5.75 Å². The van der Waals surface area contributed by atoms with Gasteiger partial charge in [0, 0.05) is 5.75 Å². The molecule has 10 heavy (non-hydrogen) atoms. The summed E-state index contributed by atoms with van der Waals surface area (Å²) in [5.74, 6) is 1.25. The van der Waals surface area contributed by atoms with Gasteiger partial charge in [-0.2, -0.15) is 17.0 Å². The summed E-state index contributed by atoms with van der Waals surface area (Å²) in [5.41, 5.74) is 0. The second kappa shape index (κ2) is 5.61. The summed E-state index contributed by atoms with van der Waals surface area (Å²) in [6.07, 6.45) is 0.982. The van der Waals surface area contributed by atoms with E-state index in [0.29, 0.717) is 5.25 Å². The number of nitriles is 1. The smallest absolute Gasteiger partial charge is 0.0664 e. The molecule has 0 saturated carbocycles. The lowest BCUT2D eigenvalue weighted by atomic mass is 10.1. The van der Waals surface area contributed by atoms with Gasteiger partial charge in [-0.05, 0) is 11.7 Å². The van der Waals surface area contributed by atoms with Gasteiger partial charge in [0.1, 0.15) is 0 Å². The van der Waals surface area contributed by atoms with Crippen molar-refractivity contribution in [2.45, 2.75) is 32.4 Å². The molecule has 2 heteroatoms. The molecule has 0 spiro atoms. The molecule has 0 saturated heterocycles. The van der Waals surface area contributed by atoms with E-state index in [-0.39, 0.29) is 5.92 Å². The highest BCUT2D eigenvalue weighted by molar-refractivity contribution is 7.99. The number of nitrogens with zero attached hydrogens (tertiary/aromatic N) is 1. The quantitative estimate of drug-likeness (QED) is 0.626. The minimum Gasteiger partial charge on any atom is -0.198 e. The van der Waals surface area contributed by atoms with Gasteiger partial charge in [-0.15, -0.1) is 0 Å². The predicted octanol–water partition coefficient (Wildman–Crippen LogP) is 2.68. The zero-order valence-electron chi connectivity index (χ0n) is 6.92. The van der Waals surface area contributed by atoms with Gasteiger partial charge >= 0.3 is 0 Å². The molecule has 0 aromatic rings. The molecule has 0 aliphatic rings. The van der Waals surface area contributed by atoms with E-state index in [2.05, 4.69) is 26.8 Å². The molecule has 0 aromatic carbocycles. The van der Waals surface area contributed by atoms with Crippen LogP contribution in [0.5, 0.6) is 0 Å². The van der Waals surface area contributed by atoms with Crippen LogP contribution in [0.25, 0.3) is 0 Å². The second-order valence-electron chi connectivity index (χ2n) is 2.62. The van der Waals surface area contributed by atoms with Gasteiger partial charge in [-0.25, -0.2) is 0 Å². The van der Waals surface area contributed by atoms with Crippen LogP contribution in [0.4, 0.5) is 0 Å². The first-order chi connectivity index (χ1) is 4.70. The Hall–Kier alpha value is -0.160. The Bertz CT molecular complexity index is 115. The molecular weight excluding hydrogens is 142 g/mol. The lowest BCUT2D eigenvalue weighted by Gasteiger charge is -2.06. The third-order valence-electron chi connectivity index (χ3n) is 1.31. The van der Waals surface area contributed by atoms with E-state index in [9.17, 15) is 0 Å². The number of rotatable bonds is 4. The molecule has 0 aliphatic heterocycles. The van der Waals surface area contributed by atoms with Crippen LogP contribution in [-0.2, 0) is 0 Å². The van der Waals surface area contributed by atoms with E-state index in [4.69, 9.17) is 5.26 Å². The first-order valence-corrected chi connectivity index (χ1v) is 4.76. The van der Waals surface area contributed by atoms with E-state index in [1.807, 2.05) is 11.8 Å². The number of thioether (sulfide) groups is 1. The molecular formula is C8H15NS. The normalized spacial score (nSPS) is 13.1. The van der Waals surface area contributed by atoms with Crippen molar-refractivity contribution in [1.29, 1.82) is 5.26 Å². The van der Waals surface area contributed by atoms with Crippen LogP contribution >= 0.6 is 11.8 Å². The maximum absolute atomic E-state index is 8.58. The molecule has 0 aliphatic carbocycles. The molecule has 0 radical (unpaired) electrons. The monoisotopic (exact) mass is 157 g/mol. The zero-order valence-corrected chi connectivity index (χ0v) is 7.74. The van der Waals surface area contributed by atoms with Crippen LogP contribution in [0.1, 0.15) is 27.2 Å². The largest absolute Gasteiger partial charge is 0.198 e. The molecule has 0 amide bonds. The number of hydrogen-bond donors (Lipinski definition) is 0. The summed E-state index contributed by atoms with van der Waals surface area (Å²) in [5, 5.41) is 9.23. The Morgan fingerprint density at radius 2 is 2.10 bits per heavy atom. The minimum absolute atomic E-state index is 0.257. The average molecular weight is 157 g/mol. The molecule has 0 bridgehead atoms. The molecule has 0 rings (SSSR count). The molecule has 1 atom stereocenters. The summed E-state index contributed by atoms with van der Waals surface area (Å²) >= 11 is 1.87. The van der Waals surface area contributed by atoms with E-state index < -0.39 is 0 Å². The predicted molar refractivity (Wildman–Crippen MR) is 47.0 cm³/mol. The topological polar surface area (TPSA) is 23.8 Å². The fourth-order valence-corrected chi connectivity index (χ4v) is 1.48. The maximum Gasteiger partial charge on any atom is 0.0664 e. The van der Waals surface area contributed by atoms with Gasteiger partial charge in [-0.3, -0.25) is 0 Å². The number of hydrogen-bond acceptors (Lipinski definition) is 2. The van der Waals surface area contributed by atoms with E-state index in [1.54, 1.807) is 0 Å². The minimum atomic E-state index is 0.257. The molecule has 1 unspecified atom stereocenters. The maximum atomic E-state index is 8.58. The van der Waals surface area contributed by atoms with Crippen LogP contribution in [0.15, 0.2) is 0 Å². The van der Waals surface area contributed by atoms with Crippen LogP contribution in [-0.4, -0.2) is 11.0 Å². The highest BCUT2D eigenvalue weighted by Crippen LogP contribution is 2.15. The summed E-state index contributed by atoms with van der Waals surface area (Å²) in [4.78, 5) is 0. The highest BCUT2D eigenvalue weighted by atomic mass is 32.2. The summed E-state index contributed by atoms with van der Waals surface area (Å²) in [6, 6.07) is 2.29. The summed E-state index contributed by atoms with van der Waals surface area (Å²) < 4.78 is 0. The van der Waals surface area contributed by atoms with Crippen molar-refractivity contribution in [2.24, 2.45) is 5.92 Å². The Morgan fingerprint density at radius 1 is 1.50 bits per heavy atom. The van der Waals surface area contributed by atoms with Crippen LogP contribution in [0, 0.1) is 17.2 Å². The molecule has 0 N–H and O–H groups in total. The van der Waals surface area contributed by atoms with Gasteiger partial charge in [0.05, 0.1) is 12.0 Å². The van der Waals surface area contributed by atoms with Gasteiger partial charge in [0.25, 0.3) is 0 Å². The lowest BCUT2D eigenvalue weighted by molar-refractivity contribution is 0.723. The summed E-state index contributed by atoms with van der Waals surface area (Å²) in [6.45, 7) is 6.39. The molecule has 1 nitrogen and oxygen atoms in total. The van der Waals surface area contributed by atoms with Crippen molar-refractivity contribution in [1.82, 2.24) is 0 Å². The van der Waals surface area contributed by atoms with Crippen molar-refractivity contribution in [3.63, 3.8) is 0 Å². The van der Waals surface area contributed by atoms with E-state index >= 15 is 0 Å². The SMILES string of the molecule is CCC(C#N)CSC(C)C. The Kier molecular flexibility index (Phi) is 5.52.